The predicted octanol–water partition coefficient (Wildman–Crippen LogP) is 1.35. The summed E-state index contributed by atoms with van der Waals surface area (Å²) in [6.45, 7) is 8.17. The number of amides is 2. The quantitative estimate of drug-likeness (QED) is 0.361. The van der Waals surface area contributed by atoms with Crippen molar-refractivity contribution in [1.82, 2.24) is 10.6 Å². The summed E-state index contributed by atoms with van der Waals surface area (Å²) in [5.74, 6) is -0.677. The normalized spacial score (nSPS) is 14.5. The molecule has 2 amide bonds. The van der Waals surface area contributed by atoms with Crippen LogP contribution in [0.5, 0.6) is 0 Å². The molecule has 0 aliphatic rings. The monoisotopic (exact) mass is 357 g/mol. The fourth-order valence-electron chi connectivity index (χ4n) is 2.25. The first-order chi connectivity index (χ1) is 11.7. The molecule has 7 nitrogen and oxygen atoms in total. The number of unbranched alkanes of at least 4 members (excludes halogenated alkanes) is 2. The number of carbonyl (C=O) groups excluding carboxylic acids is 3. The van der Waals surface area contributed by atoms with Crippen LogP contribution < -0.4 is 16.4 Å². The number of rotatable bonds is 12. The van der Waals surface area contributed by atoms with E-state index in [1.807, 2.05) is 27.7 Å². The van der Waals surface area contributed by atoms with Crippen LogP contribution >= 0.6 is 0 Å². The van der Waals surface area contributed by atoms with Crippen LogP contribution in [0.1, 0.15) is 59.8 Å². The third-order valence-corrected chi connectivity index (χ3v) is 4.40. The molecule has 0 bridgehead atoms. The zero-order chi connectivity index (χ0) is 19.4. The van der Waals surface area contributed by atoms with E-state index >= 15 is 0 Å². The number of hydrogen-bond donors (Lipinski definition) is 3. The van der Waals surface area contributed by atoms with Gasteiger partial charge in [-0.3, -0.25) is 14.4 Å². The Bertz CT molecular complexity index is 427. The van der Waals surface area contributed by atoms with Gasteiger partial charge in [-0.05, 0) is 24.7 Å². The van der Waals surface area contributed by atoms with Gasteiger partial charge in [0.15, 0.2) is 0 Å². The lowest BCUT2D eigenvalue weighted by Gasteiger charge is -2.26. The van der Waals surface area contributed by atoms with E-state index in [0.717, 1.165) is 25.7 Å². The summed E-state index contributed by atoms with van der Waals surface area (Å²) in [6.07, 6.45) is 3.50. The SMILES string of the molecule is CC[C@H](C)[C@H](NC(=O)[C@@H](N)C(C)C)C(=O)NCCCCCC(=O)OC. The van der Waals surface area contributed by atoms with E-state index in [1.165, 1.54) is 7.11 Å². The van der Waals surface area contributed by atoms with Crippen molar-refractivity contribution in [1.29, 1.82) is 0 Å². The lowest BCUT2D eigenvalue weighted by molar-refractivity contribution is -0.140. The first kappa shape index (κ1) is 23.4. The van der Waals surface area contributed by atoms with E-state index in [-0.39, 0.29) is 29.6 Å². The van der Waals surface area contributed by atoms with Crippen molar-refractivity contribution >= 4 is 17.8 Å². The minimum atomic E-state index is -0.627. The van der Waals surface area contributed by atoms with Gasteiger partial charge in [-0.25, -0.2) is 0 Å². The fourth-order valence-corrected chi connectivity index (χ4v) is 2.25. The summed E-state index contributed by atoms with van der Waals surface area (Å²) in [4.78, 5) is 35.6. The van der Waals surface area contributed by atoms with Gasteiger partial charge >= 0.3 is 5.97 Å². The molecule has 0 radical (unpaired) electrons. The molecule has 0 unspecified atom stereocenters. The van der Waals surface area contributed by atoms with Gasteiger partial charge in [0.05, 0.1) is 13.2 Å². The smallest absolute Gasteiger partial charge is 0.305 e. The number of methoxy groups -OCH3 is 1. The minimum Gasteiger partial charge on any atom is -0.469 e. The first-order valence-electron chi connectivity index (χ1n) is 9.15. The molecule has 0 saturated carbocycles. The number of ether oxygens (including phenoxy) is 1. The topological polar surface area (TPSA) is 111 Å². The van der Waals surface area contributed by atoms with E-state index < -0.39 is 12.1 Å². The molecule has 0 saturated heterocycles. The van der Waals surface area contributed by atoms with Crippen LogP contribution in [0.25, 0.3) is 0 Å². The number of esters is 1. The molecule has 0 heterocycles. The van der Waals surface area contributed by atoms with Crippen molar-refractivity contribution in [3.05, 3.63) is 0 Å². The van der Waals surface area contributed by atoms with Crippen LogP contribution in [0.4, 0.5) is 0 Å². The molecule has 0 rings (SSSR count). The van der Waals surface area contributed by atoms with Gasteiger partial charge in [0.1, 0.15) is 6.04 Å². The molecule has 0 aromatic rings. The zero-order valence-electron chi connectivity index (χ0n) is 16.3. The summed E-state index contributed by atoms with van der Waals surface area (Å²) >= 11 is 0. The average Bonchev–Trinajstić information content (AvgIpc) is 2.60. The summed E-state index contributed by atoms with van der Waals surface area (Å²) in [6, 6.07) is -1.21. The molecular formula is C18H35N3O4. The summed E-state index contributed by atoms with van der Waals surface area (Å²) in [5, 5.41) is 5.65. The molecule has 25 heavy (non-hydrogen) atoms. The number of nitrogens with one attached hydrogen (secondary N) is 2. The zero-order valence-corrected chi connectivity index (χ0v) is 16.3. The van der Waals surface area contributed by atoms with Crippen molar-refractivity contribution in [2.24, 2.45) is 17.6 Å². The Morgan fingerprint density at radius 1 is 1.04 bits per heavy atom. The van der Waals surface area contributed by atoms with Crippen LogP contribution in [-0.4, -0.2) is 43.5 Å². The molecule has 7 heteroatoms. The molecule has 0 aromatic heterocycles. The van der Waals surface area contributed by atoms with Gasteiger partial charge in [-0.1, -0.05) is 40.5 Å². The minimum absolute atomic E-state index is 0.00968. The fraction of sp³-hybridized carbons (Fsp3) is 0.833. The number of nitrogens with two attached hydrogens (primary N) is 1. The summed E-state index contributed by atoms with van der Waals surface area (Å²) in [5.41, 5.74) is 5.86. The van der Waals surface area contributed by atoms with Gasteiger partial charge in [0, 0.05) is 13.0 Å². The van der Waals surface area contributed by atoms with Crippen LogP contribution in [0, 0.1) is 11.8 Å². The molecule has 0 aromatic carbocycles. The molecule has 146 valence electrons. The number of hydrogen-bond acceptors (Lipinski definition) is 5. The molecule has 0 aliphatic carbocycles. The Balaban J connectivity index is 4.37. The predicted molar refractivity (Wildman–Crippen MR) is 97.7 cm³/mol. The third-order valence-electron chi connectivity index (χ3n) is 4.40. The Morgan fingerprint density at radius 3 is 2.20 bits per heavy atom. The van der Waals surface area contributed by atoms with E-state index in [0.29, 0.717) is 13.0 Å². The van der Waals surface area contributed by atoms with Gasteiger partial charge in [0.2, 0.25) is 11.8 Å². The van der Waals surface area contributed by atoms with Crippen molar-refractivity contribution in [2.45, 2.75) is 71.9 Å². The van der Waals surface area contributed by atoms with Crippen LogP contribution in [0.15, 0.2) is 0 Å². The van der Waals surface area contributed by atoms with Gasteiger partial charge in [0.25, 0.3) is 0 Å². The summed E-state index contributed by atoms with van der Waals surface area (Å²) < 4.78 is 4.58. The van der Waals surface area contributed by atoms with Crippen molar-refractivity contribution in [3.63, 3.8) is 0 Å². The second-order valence-electron chi connectivity index (χ2n) is 6.82. The highest BCUT2D eigenvalue weighted by molar-refractivity contribution is 5.90. The van der Waals surface area contributed by atoms with Gasteiger partial charge < -0.3 is 21.1 Å². The van der Waals surface area contributed by atoms with Gasteiger partial charge in [-0.2, -0.15) is 0 Å². The number of carbonyl (C=O) groups is 3. The van der Waals surface area contributed by atoms with Gasteiger partial charge in [-0.15, -0.1) is 0 Å². The van der Waals surface area contributed by atoms with Crippen LogP contribution in [0.2, 0.25) is 0 Å². The highest BCUT2D eigenvalue weighted by Crippen LogP contribution is 2.09. The Hall–Kier alpha value is -1.63. The standard InChI is InChI=1S/C18H35N3O4/c1-6-13(4)16(21-17(23)15(19)12(2)3)18(24)20-11-9-7-8-10-14(22)25-5/h12-13,15-16H,6-11,19H2,1-5H3,(H,20,24)(H,21,23)/t13-,15-,16-/m0/s1. The molecule has 0 fully saturated rings. The van der Waals surface area contributed by atoms with E-state index in [4.69, 9.17) is 5.73 Å². The maximum atomic E-state index is 12.4. The Labute approximate surface area is 151 Å². The van der Waals surface area contributed by atoms with Crippen molar-refractivity contribution in [3.8, 4) is 0 Å². The van der Waals surface area contributed by atoms with Crippen molar-refractivity contribution in [2.75, 3.05) is 13.7 Å². The highest BCUT2D eigenvalue weighted by atomic mass is 16.5. The second-order valence-corrected chi connectivity index (χ2v) is 6.82. The lowest BCUT2D eigenvalue weighted by atomic mass is 9.96. The largest absolute Gasteiger partial charge is 0.469 e. The second kappa shape index (κ2) is 12.7. The molecule has 4 N–H and O–H groups in total. The van der Waals surface area contributed by atoms with E-state index in [1.54, 1.807) is 0 Å². The molecule has 3 atom stereocenters. The Kier molecular flexibility index (Phi) is 11.9. The molecule has 0 aliphatic heterocycles. The first-order valence-corrected chi connectivity index (χ1v) is 9.15. The molecular weight excluding hydrogens is 322 g/mol. The molecule has 0 spiro atoms. The third kappa shape index (κ3) is 9.43. The van der Waals surface area contributed by atoms with E-state index in [9.17, 15) is 14.4 Å². The Morgan fingerprint density at radius 2 is 1.68 bits per heavy atom. The maximum Gasteiger partial charge on any atom is 0.305 e. The van der Waals surface area contributed by atoms with E-state index in [2.05, 4.69) is 15.4 Å². The summed E-state index contributed by atoms with van der Waals surface area (Å²) in [7, 11) is 1.37. The highest BCUT2D eigenvalue weighted by Gasteiger charge is 2.28. The van der Waals surface area contributed by atoms with Crippen molar-refractivity contribution < 1.29 is 19.1 Å². The van der Waals surface area contributed by atoms with Crippen LogP contribution in [0.3, 0.4) is 0 Å². The van der Waals surface area contributed by atoms with Crippen LogP contribution in [-0.2, 0) is 19.1 Å². The average molecular weight is 357 g/mol. The maximum absolute atomic E-state index is 12.4. The lowest BCUT2D eigenvalue weighted by Crippen LogP contribution is -2.55.